The van der Waals surface area contributed by atoms with Gasteiger partial charge in [-0.25, -0.2) is 0 Å². The minimum Gasteiger partial charge on any atom is -0.324 e. The average molecular weight is 237 g/mol. The van der Waals surface area contributed by atoms with Crippen LogP contribution in [0, 0.1) is 0 Å². The van der Waals surface area contributed by atoms with E-state index in [-0.39, 0.29) is 0 Å². The number of piperidine rings is 1. The lowest BCUT2D eigenvalue weighted by Crippen LogP contribution is -2.69. The zero-order chi connectivity index (χ0) is 11.9. The Labute approximate surface area is 91.8 Å². The minimum absolute atomic E-state index is 0.645. The van der Waals surface area contributed by atoms with Gasteiger partial charge >= 0.3 is 8.60 Å². The maximum absolute atomic E-state index is 12.6. The van der Waals surface area contributed by atoms with Crippen LogP contribution in [0.3, 0.4) is 0 Å². The normalized spacial score (nSPS) is 28.0. The number of hydroxylamine groups is 4. The van der Waals surface area contributed by atoms with Gasteiger partial charge in [0, 0.05) is 17.7 Å². The van der Waals surface area contributed by atoms with Crippen molar-refractivity contribution in [1.82, 2.24) is 0 Å². The van der Waals surface area contributed by atoms with Crippen molar-refractivity contribution in [2.75, 3.05) is 0 Å². The zero-order valence-electron chi connectivity index (χ0n) is 9.73. The standard InChI is InChI=1S/C9H20NO4P/c1-8(2)6-5-7-9(3,4)10(8,11)14-15(12)13/h12-13H,5-7H2,1-4H3/q+1. The van der Waals surface area contributed by atoms with Crippen LogP contribution < -0.4 is 0 Å². The molecule has 0 spiro atoms. The molecule has 1 aliphatic rings. The molecule has 1 radical (unpaired) electrons. The molecule has 1 aliphatic heterocycles. The number of rotatable bonds is 2. The van der Waals surface area contributed by atoms with Gasteiger partial charge in [-0.2, -0.15) is 0 Å². The SMILES string of the molecule is CC1(C)CCCC(C)(C)[N+]1([O])OP(O)O. The highest BCUT2D eigenvalue weighted by Crippen LogP contribution is 2.49. The summed E-state index contributed by atoms with van der Waals surface area (Å²) >= 11 is 0. The summed E-state index contributed by atoms with van der Waals surface area (Å²) in [6.07, 6.45) is 2.41. The van der Waals surface area contributed by atoms with Gasteiger partial charge in [-0.3, -0.25) is 0 Å². The monoisotopic (exact) mass is 237 g/mol. The van der Waals surface area contributed by atoms with Crippen molar-refractivity contribution in [2.24, 2.45) is 0 Å². The fourth-order valence-corrected chi connectivity index (χ4v) is 3.04. The number of quaternary nitrogens is 1. The Morgan fingerprint density at radius 1 is 1.13 bits per heavy atom. The zero-order valence-corrected chi connectivity index (χ0v) is 10.6. The van der Waals surface area contributed by atoms with E-state index in [1.165, 1.54) is 0 Å². The third kappa shape index (κ3) is 2.18. The van der Waals surface area contributed by atoms with Gasteiger partial charge < -0.3 is 9.79 Å². The Bertz CT molecular complexity index is 226. The summed E-state index contributed by atoms with van der Waals surface area (Å²) in [7, 11) is -2.63. The van der Waals surface area contributed by atoms with E-state index in [1.807, 2.05) is 0 Å². The lowest BCUT2D eigenvalue weighted by atomic mass is 9.81. The Balaban J connectivity index is 3.04. The van der Waals surface area contributed by atoms with Gasteiger partial charge in [0.25, 0.3) is 0 Å². The van der Waals surface area contributed by atoms with Crippen LogP contribution in [0.25, 0.3) is 0 Å². The number of nitrogens with zero attached hydrogens (tertiary/aromatic N) is 1. The molecule has 1 heterocycles. The third-order valence-electron chi connectivity index (χ3n) is 3.36. The molecular weight excluding hydrogens is 217 g/mol. The molecule has 1 rings (SSSR count). The Hall–Kier alpha value is 0.230. The van der Waals surface area contributed by atoms with Crippen molar-refractivity contribution < 1.29 is 24.4 Å². The molecule has 15 heavy (non-hydrogen) atoms. The maximum atomic E-state index is 12.6. The van der Waals surface area contributed by atoms with E-state index in [1.54, 1.807) is 27.7 Å². The molecule has 0 aromatic rings. The first-order chi connectivity index (χ1) is 6.62. The molecule has 0 aromatic carbocycles. The first-order valence-electron chi connectivity index (χ1n) is 5.10. The van der Waals surface area contributed by atoms with Crippen LogP contribution in [0.15, 0.2) is 0 Å². The fourth-order valence-electron chi connectivity index (χ4n) is 2.39. The predicted octanol–water partition coefficient (Wildman–Crippen LogP) is 2.03. The minimum atomic E-state index is -2.63. The summed E-state index contributed by atoms with van der Waals surface area (Å²) in [5, 5.41) is 12.6. The van der Waals surface area contributed by atoms with Crippen LogP contribution in [-0.2, 0) is 9.83 Å². The smallest absolute Gasteiger partial charge is 0.324 e. The lowest BCUT2D eigenvalue weighted by molar-refractivity contribution is -1.31. The second-order valence-electron chi connectivity index (χ2n) is 5.36. The summed E-state index contributed by atoms with van der Waals surface area (Å²) < 4.78 is 4.87. The molecule has 89 valence electrons. The maximum Gasteiger partial charge on any atom is 0.391 e. The Morgan fingerprint density at radius 2 is 1.53 bits per heavy atom. The summed E-state index contributed by atoms with van der Waals surface area (Å²) in [4.78, 5) is 16.8. The van der Waals surface area contributed by atoms with Crippen LogP contribution >= 0.6 is 8.60 Å². The van der Waals surface area contributed by atoms with Crippen LogP contribution in [0.2, 0.25) is 0 Å². The van der Waals surface area contributed by atoms with E-state index in [2.05, 4.69) is 0 Å². The topological polar surface area (TPSA) is 69.6 Å². The average Bonchev–Trinajstić information content (AvgIpc) is 1.99. The molecule has 2 N–H and O–H groups in total. The van der Waals surface area contributed by atoms with E-state index < -0.39 is 24.5 Å². The molecule has 6 heteroatoms. The summed E-state index contributed by atoms with van der Waals surface area (Å²) in [5.74, 6) is 0. The second kappa shape index (κ2) is 3.91. The van der Waals surface area contributed by atoms with Gasteiger partial charge in [0.1, 0.15) is 0 Å². The Kier molecular flexibility index (Phi) is 3.47. The molecule has 0 amide bonds. The van der Waals surface area contributed by atoms with Crippen molar-refractivity contribution in [1.29, 1.82) is 0 Å². The van der Waals surface area contributed by atoms with Gasteiger partial charge in [0.15, 0.2) is 11.1 Å². The molecule has 5 nitrogen and oxygen atoms in total. The molecule has 0 aliphatic carbocycles. The molecule has 0 atom stereocenters. The predicted molar refractivity (Wildman–Crippen MR) is 55.4 cm³/mol. The van der Waals surface area contributed by atoms with Crippen molar-refractivity contribution in [2.45, 2.75) is 58.0 Å². The van der Waals surface area contributed by atoms with E-state index in [0.717, 1.165) is 19.3 Å². The van der Waals surface area contributed by atoms with Crippen molar-refractivity contribution in [3.63, 3.8) is 0 Å². The Morgan fingerprint density at radius 3 is 1.87 bits per heavy atom. The van der Waals surface area contributed by atoms with Crippen LogP contribution in [0.1, 0.15) is 47.0 Å². The van der Waals surface area contributed by atoms with E-state index in [0.29, 0.717) is 0 Å². The molecule has 0 unspecified atom stereocenters. The largest absolute Gasteiger partial charge is 0.391 e. The van der Waals surface area contributed by atoms with Gasteiger partial charge in [-0.1, -0.05) is 4.62 Å². The van der Waals surface area contributed by atoms with Gasteiger partial charge in [0.05, 0.1) is 5.21 Å². The highest BCUT2D eigenvalue weighted by Gasteiger charge is 2.63. The lowest BCUT2D eigenvalue weighted by Gasteiger charge is -2.49. The van der Waals surface area contributed by atoms with E-state index >= 15 is 0 Å². The highest BCUT2D eigenvalue weighted by atomic mass is 31.2. The van der Waals surface area contributed by atoms with Gasteiger partial charge in [-0.15, -0.1) is 0 Å². The summed E-state index contributed by atoms with van der Waals surface area (Å²) in [6, 6.07) is 0. The van der Waals surface area contributed by atoms with E-state index in [4.69, 9.17) is 14.4 Å². The van der Waals surface area contributed by atoms with Crippen molar-refractivity contribution in [3.05, 3.63) is 0 Å². The highest BCUT2D eigenvalue weighted by molar-refractivity contribution is 7.39. The second-order valence-corrected chi connectivity index (χ2v) is 6.03. The molecule has 1 saturated heterocycles. The summed E-state index contributed by atoms with van der Waals surface area (Å²) in [6.45, 7) is 7.22. The molecule has 0 bridgehead atoms. The van der Waals surface area contributed by atoms with Gasteiger partial charge in [0.2, 0.25) is 0 Å². The van der Waals surface area contributed by atoms with Crippen LogP contribution in [0.4, 0.5) is 0 Å². The first kappa shape index (κ1) is 13.3. The van der Waals surface area contributed by atoms with Crippen LogP contribution in [0.5, 0.6) is 0 Å². The van der Waals surface area contributed by atoms with Crippen molar-refractivity contribution in [3.8, 4) is 0 Å². The van der Waals surface area contributed by atoms with E-state index in [9.17, 15) is 5.21 Å². The molecular formula is C9H20NO4P+. The number of hydrogen-bond acceptors (Lipinski definition) is 3. The third-order valence-corrected chi connectivity index (χ3v) is 3.74. The number of hydrogen-bond donors (Lipinski definition) is 2. The first-order valence-corrected chi connectivity index (χ1v) is 6.27. The van der Waals surface area contributed by atoms with Crippen LogP contribution in [-0.4, -0.2) is 25.7 Å². The quantitative estimate of drug-likeness (QED) is 0.570. The summed E-state index contributed by atoms with van der Waals surface area (Å²) in [5.41, 5.74) is -1.29. The molecule has 0 saturated carbocycles. The molecule has 1 fully saturated rings. The van der Waals surface area contributed by atoms with Crippen molar-refractivity contribution >= 4 is 8.60 Å². The fraction of sp³-hybridized carbons (Fsp3) is 1.00. The molecule has 0 aromatic heterocycles. The van der Waals surface area contributed by atoms with Gasteiger partial charge in [-0.05, 0) is 34.1 Å².